The molecule has 0 aliphatic heterocycles. The number of ether oxygens (including phenoxy) is 1. The average Bonchev–Trinajstić information content (AvgIpc) is 3.02. The van der Waals surface area contributed by atoms with Gasteiger partial charge in [-0.05, 0) is 45.9 Å². The van der Waals surface area contributed by atoms with Crippen LogP contribution >= 0.6 is 0 Å². The van der Waals surface area contributed by atoms with E-state index >= 15 is 0 Å². The number of sulfonamides is 1. The van der Waals surface area contributed by atoms with Gasteiger partial charge in [0.15, 0.2) is 5.65 Å². The first-order valence-corrected chi connectivity index (χ1v) is 10.5. The molecule has 11 heteroatoms. The second-order valence-corrected chi connectivity index (χ2v) is 9.25. The number of rotatable bonds is 5. The minimum atomic E-state index is -4.84. The molecule has 1 aromatic carbocycles. The van der Waals surface area contributed by atoms with Gasteiger partial charge in [-0.25, -0.2) is 22.6 Å². The van der Waals surface area contributed by atoms with Crippen molar-refractivity contribution in [1.29, 1.82) is 0 Å². The summed E-state index contributed by atoms with van der Waals surface area (Å²) in [5.41, 5.74) is -1.28. The van der Waals surface area contributed by atoms with E-state index in [0.29, 0.717) is 18.1 Å². The molecule has 0 saturated carbocycles. The van der Waals surface area contributed by atoms with E-state index in [2.05, 4.69) is 14.8 Å². The maximum atomic E-state index is 13.5. The third kappa shape index (κ3) is 4.73. The Morgan fingerprint density at radius 3 is 2.43 bits per heavy atom. The van der Waals surface area contributed by atoms with Crippen molar-refractivity contribution in [3.05, 3.63) is 42.1 Å². The van der Waals surface area contributed by atoms with Crippen LogP contribution in [-0.2, 0) is 16.2 Å². The number of benzene rings is 1. The Kier molecular flexibility index (Phi) is 5.54. The second-order valence-electron chi connectivity index (χ2n) is 7.60. The zero-order chi connectivity index (χ0) is 22.3. The van der Waals surface area contributed by atoms with Crippen LogP contribution in [0.3, 0.4) is 0 Å². The molecule has 0 bridgehead atoms. The number of nitrogens with zero attached hydrogens (tertiary/aromatic N) is 3. The topological polar surface area (TPSA) is 85.6 Å². The van der Waals surface area contributed by atoms with E-state index in [1.807, 2.05) is 0 Å². The summed E-state index contributed by atoms with van der Waals surface area (Å²) in [5, 5.41) is 4.21. The van der Waals surface area contributed by atoms with Crippen LogP contribution in [0.15, 0.2) is 41.4 Å². The quantitative estimate of drug-likeness (QED) is 0.648. The Bertz CT molecular complexity index is 1180. The third-order valence-electron chi connectivity index (χ3n) is 3.90. The predicted molar refractivity (Wildman–Crippen MR) is 105 cm³/mol. The molecule has 0 aliphatic rings. The highest BCUT2D eigenvalue weighted by atomic mass is 32.2. The van der Waals surface area contributed by atoms with Crippen LogP contribution in [0.1, 0.15) is 33.3 Å². The minimum absolute atomic E-state index is 0.209. The Morgan fingerprint density at radius 1 is 1.13 bits per heavy atom. The lowest BCUT2D eigenvalue weighted by molar-refractivity contribution is -0.139. The van der Waals surface area contributed by atoms with Crippen molar-refractivity contribution in [2.75, 3.05) is 6.61 Å². The fraction of sp³-hybridized carbons (Fsp3) is 0.368. The number of fused-ring (bicyclic) bond motifs is 1. The van der Waals surface area contributed by atoms with Gasteiger partial charge >= 0.3 is 6.18 Å². The van der Waals surface area contributed by atoms with E-state index in [1.165, 1.54) is 16.8 Å². The van der Waals surface area contributed by atoms with Gasteiger partial charge in [-0.15, -0.1) is 5.10 Å². The van der Waals surface area contributed by atoms with Crippen LogP contribution < -0.4 is 9.46 Å². The molecular weight excluding hydrogens is 421 g/mol. The van der Waals surface area contributed by atoms with Gasteiger partial charge in [0.2, 0.25) is 15.9 Å². The Morgan fingerprint density at radius 2 is 1.83 bits per heavy atom. The molecule has 7 nitrogen and oxygen atoms in total. The molecule has 30 heavy (non-hydrogen) atoms. The summed E-state index contributed by atoms with van der Waals surface area (Å²) in [4.78, 5) is 3.46. The van der Waals surface area contributed by atoms with Gasteiger partial charge in [0.1, 0.15) is 0 Å². The highest BCUT2D eigenvalue weighted by molar-refractivity contribution is 7.89. The second kappa shape index (κ2) is 7.55. The largest absolute Gasteiger partial charge is 0.477 e. The van der Waals surface area contributed by atoms with Crippen molar-refractivity contribution in [2.45, 2.75) is 44.3 Å². The summed E-state index contributed by atoms with van der Waals surface area (Å²) in [6.45, 7) is 6.87. The van der Waals surface area contributed by atoms with Crippen LogP contribution in [0.4, 0.5) is 13.2 Å². The molecule has 0 amide bonds. The number of halogens is 3. The summed E-state index contributed by atoms with van der Waals surface area (Å²) >= 11 is 0. The number of alkyl halides is 3. The molecule has 1 N–H and O–H groups in total. The van der Waals surface area contributed by atoms with Crippen LogP contribution in [0, 0.1) is 0 Å². The van der Waals surface area contributed by atoms with Gasteiger partial charge in [0.25, 0.3) is 0 Å². The third-order valence-corrected chi connectivity index (χ3v) is 5.70. The van der Waals surface area contributed by atoms with Crippen LogP contribution in [0.25, 0.3) is 16.9 Å². The van der Waals surface area contributed by atoms with Gasteiger partial charge in [-0.2, -0.15) is 13.2 Å². The van der Waals surface area contributed by atoms with Crippen molar-refractivity contribution in [3.8, 4) is 17.1 Å². The SMILES string of the molecule is CCOc1ccc2nc(-c3ccc(C(F)(F)F)c(S(=O)(=O)NC(C)(C)C)c3)cn2n1. The standard InChI is InChI=1S/C19H21F3N4O3S/c1-5-29-17-9-8-16-23-14(11-26(16)24-17)12-6-7-13(19(20,21)22)15(10-12)30(27,28)25-18(2,3)4/h6-11,25H,5H2,1-4H3. The van der Waals surface area contributed by atoms with E-state index in [1.54, 1.807) is 39.8 Å². The van der Waals surface area contributed by atoms with Crippen molar-refractivity contribution >= 4 is 15.7 Å². The van der Waals surface area contributed by atoms with E-state index < -0.39 is 32.2 Å². The molecule has 0 fully saturated rings. The zero-order valence-corrected chi connectivity index (χ0v) is 17.6. The van der Waals surface area contributed by atoms with Crippen LogP contribution in [0.2, 0.25) is 0 Å². The smallest absolute Gasteiger partial charge is 0.417 e. The summed E-state index contributed by atoms with van der Waals surface area (Å²) in [6.07, 6.45) is -3.35. The van der Waals surface area contributed by atoms with Gasteiger partial charge in [0.05, 0.1) is 29.0 Å². The van der Waals surface area contributed by atoms with Crippen molar-refractivity contribution in [1.82, 2.24) is 19.3 Å². The fourth-order valence-electron chi connectivity index (χ4n) is 2.82. The first-order chi connectivity index (χ1) is 13.8. The lowest BCUT2D eigenvalue weighted by Crippen LogP contribution is -2.41. The lowest BCUT2D eigenvalue weighted by Gasteiger charge is -2.22. The Hall–Kier alpha value is -2.66. The molecular formula is C19H21F3N4O3S. The molecule has 0 radical (unpaired) electrons. The number of nitrogens with one attached hydrogen (secondary N) is 1. The molecule has 3 rings (SSSR count). The first-order valence-electron chi connectivity index (χ1n) is 9.05. The zero-order valence-electron chi connectivity index (χ0n) is 16.8. The molecule has 2 heterocycles. The van der Waals surface area contributed by atoms with Crippen LogP contribution in [0.5, 0.6) is 5.88 Å². The van der Waals surface area contributed by atoms with Gasteiger partial charge in [-0.3, -0.25) is 0 Å². The van der Waals surface area contributed by atoms with Crippen molar-refractivity contribution in [2.24, 2.45) is 0 Å². The van der Waals surface area contributed by atoms with Gasteiger partial charge < -0.3 is 4.74 Å². The number of imidazole rings is 1. The summed E-state index contributed by atoms with van der Waals surface area (Å²) < 4.78 is 74.9. The molecule has 0 atom stereocenters. The highest BCUT2D eigenvalue weighted by Crippen LogP contribution is 2.36. The molecule has 0 aliphatic carbocycles. The number of aromatic nitrogens is 3. The fourth-order valence-corrected chi connectivity index (χ4v) is 4.50. The highest BCUT2D eigenvalue weighted by Gasteiger charge is 2.38. The van der Waals surface area contributed by atoms with E-state index in [-0.39, 0.29) is 11.3 Å². The maximum Gasteiger partial charge on any atom is 0.417 e. The molecule has 0 spiro atoms. The first kappa shape index (κ1) is 22.0. The Balaban J connectivity index is 2.14. The van der Waals surface area contributed by atoms with Crippen molar-refractivity contribution in [3.63, 3.8) is 0 Å². The molecule has 0 saturated heterocycles. The van der Waals surface area contributed by atoms with Crippen LogP contribution in [-0.4, -0.2) is 35.2 Å². The summed E-state index contributed by atoms with van der Waals surface area (Å²) in [7, 11) is -4.45. The van der Waals surface area contributed by atoms with Crippen molar-refractivity contribution < 1.29 is 26.3 Å². The molecule has 3 aromatic rings. The minimum Gasteiger partial charge on any atom is -0.477 e. The maximum absolute atomic E-state index is 13.5. The number of hydrogen-bond donors (Lipinski definition) is 1. The molecule has 0 unspecified atom stereocenters. The lowest BCUT2D eigenvalue weighted by atomic mass is 10.1. The summed E-state index contributed by atoms with van der Waals surface area (Å²) in [6, 6.07) is 6.16. The predicted octanol–water partition coefficient (Wildman–Crippen LogP) is 3.89. The monoisotopic (exact) mass is 442 g/mol. The normalized spacial score (nSPS) is 13.0. The molecule has 2 aromatic heterocycles. The number of hydrogen-bond acceptors (Lipinski definition) is 5. The van der Waals surface area contributed by atoms with E-state index in [4.69, 9.17) is 4.74 Å². The average molecular weight is 442 g/mol. The van der Waals surface area contributed by atoms with E-state index in [0.717, 1.165) is 12.1 Å². The Labute approximate surface area is 171 Å². The van der Waals surface area contributed by atoms with Gasteiger partial charge in [0, 0.05) is 17.2 Å². The summed E-state index contributed by atoms with van der Waals surface area (Å²) in [5.74, 6) is 0.360. The molecule has 162 valence electrons. The van der Waals surface area contributed by atoms with E-state index in [9.17, 15) is 21.6 Å². The van der Waals surface area contributed by atoms with Gasteiger partial charge in [-0.1, -0.05) is 6.07 Å².